The molecule has 2 aromatic heterocycles. The van der Waals surface area contributed by atoms with Gasteiger partial charge < -0.3 is 19.5 Å². The third-order valence-electron chi connectivity index (χ3n) is 4.42. The number of anilines is 3. The van der Waals surface area contributed by atoms with Gasteiger partial charge in [0, 0.05) is 41.7 Å². The number of amides is 1. The van der Waals surface area contributed by atoms with Crippen LogP contribution in [0.4, 0.5) is 17.5 Å². The maximum atomic E-state index is 10.9. The van der Waals surface area contributed by atoms with E-state index in [2.05, 4.69) is 32.9 Å². The molecule has 2 aromatic carbocycles. The second kappa shape index (κ2) is 8.08. The highest BCUT2D eigenvalue weighted by Gasteiger charge is 2.10. The van der Waals surface area contributed by atoms with E-state index < -0.39 is 0 Å². The van der Waals surface area contributed by atoms with Gasteiger partial charge in [-0.3, -0.25) is 4.79 Å². The van der Waals surface area contributed by atoms with Crippen LogP contribution < -0.4 is 15.0 Å². The van der Waals surface area contributed by atoms with Gasteiger partial charge in [0.05, 0.1) is 11.0 Å². The van der Waals surface area contributed by atoms with E-state index >= 15 is 0 Å². The van der Waals surface area contributed by atoms with Crippen molar-refractivity contribution in [2.75, 3.05) is 17.3 Å². The van der Waals surface area contributed by atoms with Crippen molar-refractivity contribution >= 4 is 57.5 Å². The molecule has 4 rings (SSSR count). The van der Waals surface area contributed by atoms with Gasteiger partial charge in [0.15, 0.2) is 0 Å². The zero-order valence-electron chi connectivity index (χ0n) is 15.8. The van der Waals surface area contributed by atoms with Gasteiger partial charge in [0.25, 0.3) is 0 Å². The Labute approximate surface area is 181 Å². The van der Waals surface area contributed by atoms with E-state index in [4.69, 9.17) is 9.72 Å². The summed E-state index contributed by atoms with van der Waals surface area (Å²) in [5, 5.41) is 3.35. The van der Waals surface area contributed by atoms with Crippen LogP contribution in [0.15, 0.2) is 60.8 Å². The predicted molar refractivity (Wildman–Crippen MR) is 122 cm³/mol. The number of nitrogens with one attached hydrogen (secondary N) is 1. The normalized spacial score (nSPS) is 10.7. The Bertz CT molecular complexity index is 1170. The second-order valence-electron chi connectivity index (χ2n) is 6.44. The number of hydrogen-bond donors (Lipinski definition) is 1. The summed E-state index contributed by atoms with van der Waals surface area (Å²) < 4.78 is 9.13. The molecule has 0 aliphatic rings. The summed E-state index contributed by atoms with van der Waals surface area (Å²) in [5.41, 5.74) is 2.78. The number of ether oxygens (including phenoxy) is 1. The number of aryl methyl sites for hydroxylation is 1. The molecule has 4 aromatic rings. The number of aromatic nitrogens is 3. The number of hydrogen-bond acceptors (Lipinski definition) is 5. The Morgan fingerprint density at radius 1 is 1.10 bits per heavy atom. The first kappa shape index (κ1) is 19.2. The van der Waals surface area contributed by atoms with Crippen LogP contribution >= 0.6 is 22.6 Å². The predicted octanol–water partition coefficient (Wildman–Crippen LogP) is 4.70. The number of rotatable bonds is 6. The standard InChI is InChI=1S/C21H18IN5O2/c1-26(13-28)20-12-17(9-10-23-20)29-16-7-8-19-18(11-16)25-21(27(19)2)24-15-5-3-14(22)4-6-15/h3-13H,1-2H3,(H,24,25). The van der Waals surface area contributed by atoms with Gasteiger partial charge in [0.2, 0.25) is 12.4 Å². The summed E-state index contributed by atoms with van der Waals surface area (Å²) in [7, 11) is 3.61. The molecule has 0 bridgehead atoms. The minimum Gasteiger partial charge on any atom is -0.457 e. The van der Waals surface area contributed by atoms with E-state index in [0.717, 1.165) is 22.7 Å². The fourth-order valence-electron chi connectivity index (χ4n) is 2.86. The van der Waals surface area contributed by atoms with Crippen LogP contribution in [0.3, 0.4) is 0 Å². The van der Waals surface area contributed by atoms with Gasteiger partial charge >= 0.3 is 0 Å². The Morgan fingerprint density at radius 3 is 2.62 bits per heavy atom. The Hall–Kier alpha value is -3.14. The number of carbonyl (C=O) groups is 1. The molecule has 8 heteroatoms. The van der Waals surface area contributed by atoms with Crippen LogP contribution in [0.1, 0.15) is 0 Å². The molecular formula is C21H18IN5O2. The van der Waals surface area contributed by atoms with Gasteiger partial charge in [-0.2, -0.15) is 0 Å². The molecule has 0 atom stereocenters. The van der Waals surface area contributed by atoms with E-state index in [1.165, 1.54) is 8.47 Å². The quantitative estimate of drug-likeness (QED) is 0.308. The van der Waals surface area contributed by atoms with Gasteiger partial charge in [-0.1, -0.05) is 0 Å². The SMILES string of the molecule is CN(C=O)c1cc(Oc2ccc3c(c2)nc(Nc2ccc(I)cc2)n3C)ccn1. The van der Waals surface area contributed by atoms with Crippen LogP contribution in [0, 0.1) is 3.57 Å². The van der Waals surface area contributed by atoms with Crippen molar-refractivity contribution in [1.29, 1.82) is 0 Å². The molecule has 0 saturated carbocycles. The minimum absolute atomic E-state index is 0.514. The highest BCUT2D eigenvalue weighted by atomic mass is 127. The van der Waals surface area contributed by atoms with Crippen molar-refractivity contribution in [2.24, 2.45) is 7.05 Å². The summed E-state index contributed by atoms with van der Waals surface area (Å²) in [6.07, 6.45) is 2.31. The van der Waals surface area contributed by atoms with E-state index in [9.17, 15) is 4.79 Å². The zero-order valence-corrected chi connectivity index (χ0v) is 18.0. The molecule has 0 spiro atoms. The number of nitrogens with zero attached hydrogens (tertiary/aromatic N) is 4. The Morgan fingerprint density at radius 2 is 1.86 bits per heavy atom. The third-order valence-corrected chi connectivity index (χ3v) is 5.14. The number of fused-ring (bicyclic) bond motifs is 1. The number of pyridine rings is 1. The number of carbonyl (C=O) groups excluding carboxylic acids is 1. The first-order chi connectivity index (χ1) is 14.0. The van der Waals surface area contributed by atoms with E-state index in [0.29, 0.717) is 23.7 Å². The van der Waals surface area contributed by atoms with Gasteiger partial charge in [0.1, 0.15) is 17.3 Å². The van der Waals surface area contributed by atoms with Crippen LogP contribution in [0.2, 0.25) is 0 Å². The lowest BCUT2D eigenvalue weighted by atomic mass is 10.3. The van der Waals surface area contributed by atoms with Crippen molar-refractivity contribution in [3.8, 4) is 11.5 Å². The molecule has 0 aliphatic carbocycles. The molecule has 0 unspecified atom stereocenters. The lowest BCUT2D eigenvalue weighted by Gasteiger charge is -2.11. The number of imidazole rings is 1. The lowest BCUT2D eigenvalue weighted by molar-refractivity contribution is -0.107. The van der Waals surface area contributed by atoms with Crippen molar-refractivity contribution < 1.29 is 9.53 Å². The van der Waals surface area contributed by atoms with Gasteiger partial charge in [-0.05, 0) is 65.1 Å². The second-order valence-corrected chi connectivity index (χ2v) is 7.69. The minimum atomic E-state index is 0.514. The van der Waals surface area contributed by atoms with E-state index in [1.807, 2.05) is 54.1 Å². The summed E-state index contributed by atoms with van der Waals surface area (Å²) in [6.45, 7) is 0. The molecule has 146 valence electrons. The zero-order chi connectivity index (χ0) is 20.4. The van der Waals surface area contributed by atoms with Crippen LogP contribution in [0.5, 0.6) is 11.5 Å². The molecule has 1 amide bonds. The maximum absolute atomic E-state index is 10.9. The van der Waals surface area contributed by atoms with E-state index in [-0.39, 0.29) is 0 Å². The molecule has 0 fully saturated rings. The van der Waals surface area contributed by atoms with Crippen molar-refractivity contribution in [1.82, 2.24) is 14.5 Å². The average Bonchev–Trinajstić information content (AvgIpc) is 3.04. The van der Waals surface area contributed by atoms with Crippen LogP contribution in [-0.4, -0.2) is 28.0 Å². The lowest BCUT2D eigenvalue weighted by Crippen LogP contribution is -2.14. The fraction of sp³-hybridized carbons (Fsp3) is 0.0952. The smallest absolute Gasteiger partial charge is 0.215 e. The van der Waals surface area contributed by atoms with Crippen molar-refractivity contribution in [3.05, 3.63) is 64.4 Å². The highest BCUT2D eigenvalue weighted by molar-refractivity contribution is 14.1. The fourth-order valence-corrected chi connectivity index (χ4v) is 3.22. The van der Waals surface area contributed by atoms with Crippen molar-refractivity contribution in [2.45, 2.75) is 0 Å². The summed E-state index contributed by atoms with van der Waals surface area (Å²) >= 11 is 2.28. The molecule has 7 nitrogen and oxygen atoms in total. The summed E-state index contributed by atoms with van der Waals surface area (Å²) in [6, 6.07) is 17.3. The van der Waals surface area contributed by atoms with Crippen molar-refractivity contribution in [3.63, 3.8) is 0 Å². The first-order valence-electron chi connectivity index (χ1n) is 8.84. The van der Waals surface area contributed by atoms with E-state index in [1.54, 1.807) is 25.4 Å². The largest absolute Gasteiger partial charge is 0.457 e. The molecule has 0 aliphatic heterocycles. The molecule has 2 heterocycles. The number of halogens is 1. The molecule has 29 heavy (non-hydrogen) atoms. The van der Waals surface area contributed by atoms with Crippen LogP contribution in [-0.2, 0) is 11.8 Å². The number of benzene rings is 2. The third kappa shape index (κ3) is 4.16. The summed E-state index contributed by atoms with van der Waals surface area (Å²) in [4.78, 5) is 21.2. The van der Waals surface area contributed by atoms with Gasteiger partial charge in [-0.25, -0.2) is 9.97 Å². The molecule has 0 radical (unpaired) electrons. The monoisotopic (exact) mass is 499 g/mol. The molecule has 1 N–H and O–H groups in total. The highest BCUT2D eigenvalue weighted by Crippen LogP contribution is 2.29. The summed E-state index contributed by atoms with van der Waals surface area (Å²) in [5.74, 6) is 2.51. The van der Waals surface area contributed by atoms with Crippen LogP contribution in [0.25, 0.3) is 11.0 Å². The Balaban J connectivity index is 1.59. The maximum Gasteiger partial charge on any atom is 0.215 e. The average molecular weight is 499 g/mol. The first-order valence-corrected chi connectivity index (χ1v) is 9.92. The topological polar surface area (TPSA) is 72.3 Å². The van der Waals surface area contributed by atoms with Gasteiger partial charge in [-0.15, -0.1) is 0 Å². The Kier molecular flexibility index (Phi) is 5.34. The molecular weight excluding hydrogens is 481 g/mol. The molecule has 0 saturated heterocycles.